The van der Waals surface area contributed by atoms with Crippen molar-refractivity contribution in [2.24, 2.45) is 11.0 Å². The molecule has 0 N–H and O–H groups in total. The van der Waals surface area contributed by atoms with Crippen molar-refractivity contribution in [3.8, 4) is 0 Å². The number of nitrogens with zero attached hydrogens (tertiary/aromatic N) is 2. The molecular weight excluding hydrogens is 277 g/mol. The first kappa shape index (κ1) is 12.5. The molecule has 19 heavy (non-hydrogen) atoms. The van der Waals surface area contributed by atoms with Crippen LogP contribution in [0.15, 0.2) is 29.4 Å². The highest BCUT2D eigenvalue weighted by atomic mass is 32.2. The molecule has 0 spiro atoms. The Morgan fingerprint density at radius 1 is 1.37 bits per heavy atom. The van der Waals surface area contributed by atoms with Gasteiger partial charge in [0.1, 0.15) is 0 Å². The van der Waals surface area contributed by atoms with Crippen LogP contribution in [0.5, 0.6) is 0 Å². The number of alkyl halides is 3. The predicted octanol–water partition coefficient (Wildman–Crippen LogP) is 2.77. The largest absolute Gasteiger partial charge is 0.416 e. The molecule has 1 fully saturated rings. The first-order chi connectivity index (χ1) is 8.97. The number of hydrogen-bond acceptors (Lipinski definition) is 3. The Balaban J connectivity index is 1.96. The zero-order valence-electron chi connectivity index (χ0n) is 9.65. The van der Waals surface area contributed by atoms with E-state index in [1.165, 1.54) is 12.1 Å². The number of carbonyl (C=O) groups is 1. The summed E-state index contributed by atoms with van der Waals surface area (Å²) >= 11 is 1.62. The van der Waals surface area contributed by atoms with Crippen LogP contribution in [0.25, 0.3) is 0 Å². The van der Waals surface area contributed by atoms with E-state index in [1.807, 2.05) is 0 Å². The molecule has 0 saturated carbocycles. The molecule has 0 aromatic heterocycles. The number of fused-ring (bicyclic) bond motifs is 1. The number of amides is 1. The van der Waals surface area contributed by atoms with Crippen LogP contribution in [-0.4, -0.2) is 23.1 Å². The Hall–Kier alpha value is -1.50. The van der Waals surface area contributed by atoms with Gasteiger partial charge in [-0.15, -0.1) is 0 Å². The van der Waals surface area contributed by atoms with Crippen LogP contribution < -0.4 is 5.01 Å². The number of hydrogen-bond donors (Lipinski definition) is 0. The summed E-state index contributed by atoms with van der Waals surface area (Å²) in [5, 5.41) is 5.23. The topological polar surface area (TPSA) is 32.7 Å². The third-order valence-electron chi connectivity index (χ3n) is 3.09. The third-order valence-corrected chi connectivity index (χ3v) is 4.16. The van der Waals surface area contributed by atoms with Crippen LogP contribution in [-0.2, 0) is 11.0 Å². The molecule has 1 aromatic carbocycles. The summed E-state index contributed by atoms with van der Waals surface area (Å²) in [6, 6.07) is 4.68. The van der Waals surface area contributed by atoms with Crippen molar-refractivity contribution < 1.29 is 18.0 Å². The Bertz CT molecular complexity index is 570. The van der Waals surface area contributed by atoms with E-state index >= 15 is 0 Å². The van der Waals surface area contributed by atoms with Crippen molar-refractivity contribution in [3.05, 3.63) is 29.8 Å². The Kier molecular flexibility index (Phi) is 2.81. The van der Waals surface area contributed by atoms with Crippen molar-refractivity contribution in [1.82, 2.24) is 0 Å². The van der Waals surface area contributed by atoms with E-state index in [-0.39, 0.29) is 17.5 Å². The standard InChI is InChI=1S/C12H9F3N2OS/c13-12(14,15)7-2-1-3-8(4-7)17-11(18)9-5-19-6-10(9)16-17/h1-4,9H,5-6H2. The molecule has 1 atom stereocenters. The van der Waals surface area contributed by atoms with Gasteiger partial charge in [-0.25, -0.2) is 5.01 Å². The highest BCUT2D eigenvalue weighted by molar-refractivity contribution is 8.00. The van der Waals surface area contributed by atoms with Crippen LogP contribution in [0.4, 0.5) is 18.9 Å². The second-order valence-corrected chi connectivity index (χ2v) is 5.39. The number of halogens is 3. The molecule has 7 heteroatoms. The van der Waals surface area contributed by atoms with Crippen LogP contribution >= 0.6 is 11.8 Å². The average Bonchev–Trinajstić information content (AvgIpc) is 2.92. The fourth-order valence-electron chi connectivity index (χ4n) is 2.11. The van der Waals surface area contributed by atoms with Crippen molar-refractivity contribution in [2.45, 2.75) is 6.18 Å². The average molecular weight is 286 g/mol. The summed E-state index contributed by atoms with van der Waals surface area (Å²) in [6.07, 6.45) is -4.42. The first-order valence-electron chi connectivity index (χ1n) is 5.63. The van der Waals surface area contributed by atoms with E-state index in [9.17, 15) is 18.0 Å². The summed E-state index contributed by atoms with van der Waals surface area (Å²) in [6.45, 7) is 0. The molecule has 2 heterocycles. The van der Waals surface area contributed by atoms with Gasteiger partial charge in [-0.1, -0.05) is 6.07 Å². The SMILES string of the molecule is O=C1C2CSCC2=NN1c1cccc(C(F)(F)F)c1. The van der Waals surface area contributed by atoms with Crippen molar-refractivity contribution in [3.63, 3.8) is 0 Å². The number of thioether (sulfide) groups is 1. The highest BCUT2D eigenvalue weighted by Crippen LogP contribution is 2.35. The first-order valence-corrected chi connectivity index (χ1v) is 6.78. The maximum atomic E-state index is 12.6. The molecule has 0 radical (unpaired) electrons. The van der Waals surface area contributed by atoms with Crippen molar-refractivity contribution in [1.29, 1.82) is 0 Å². The second kappa shape index (κ2) is 4.26. The molecule has 1 saturated heterocycles. The van der Waals surface area contributed by atoms with Gasteiger partial charge in [-0.05, 0) is 18.2 Å². The number of rotatable bonds is 1. The minimum absolute atomic E-state index is 0.173. The van der Waals surface area contributed by atoms with Gasteiger partial charge in [0.25, 0.3) is 5.91 Å². The Morgan fingerprint density at radius 2 is 2.16 bits per heavy atom. The number of anilines is 1. The lowest BCUT2D eigenvalue weighted by Crippen LogP contribution is -2.27. The fraction of sp³-hybridized carbons (Fsp3) is 0.333. The summed E-state index contributed by atoms with van der Waals surface area (Å²) in [5.74, 6) is 0.831. The van der Waals surface area contributed by atoms with E-state index in [0.717, 1.165) is 22.9 Å². The molecule has 100 valence electrons. The molecular formula is C12H9F3N2OS. The molecule has 2 aliphatic rings. The predicted molar refractivity (Wildman–Crippen MR) is 67.2 cm³/mol. The van der Waals surface area contributed by atoms with Crippen LogP contribution in [0.2, 0.25) is 0 Å². The molecule has 0 aliphatic carbocycles. The molecule has 3 nitrogen and oxygen atoms in total. The monoisotopic (exact) mass is 286 g/mol. The van der Waals surface area contributed by atoms with Crippen LogP contribution in [0.3, 0.4) is 0 Å². The number of carbonyl (C=O) groups excluding carboxylic acids is 1. The van der Waals surface area contributed by atoms with Crippen molar-refractivity contribution >= 4 is 29.1 Å². The fourth-order valence-corrected chi connectivity index (χ4v) is 3.27. The maximum Gasteiger partial charge on any atom is 0.416 e. The van der Waals surface area contributed by atoms with Crippen LogP contribution in [0.1, 0.15) is 5.56 Å². The minimum Gasteiger partial charge on any atom is -0.272 e. The van der Waals surface area contributed by atoms with Gasteiger partial charge in [0.2, 0.25) is 0 Å². The van der Waals surface area contributed by atoms with E-state index < -0.39 is 11.7 Å². The molecule has 3 rings (SSSR count). The van der Waals surface area contributed by atoms with E-state index in [1.54, 1.807) is 11.8 Å². The molecule has 0 bridgehead atoms. The minimum atomic E-state index is -4.42. The van der Waals surface area contributed by atoms with Crippen molar-refractivity contribution in [2.75, 3.05) is 16.5 Å². The van der Waals surface area contributed by atoms with Gasteiger partial charge in [0.15, 0.2) is 0 Å². The second-order valence-electron chi connectivity index (χ2n) is 4.36. The lowest BCUT2D eigenvalue weighted by molar-refractivity contribution is -0.137. The van der Waals surface area contributed by atoms with E-state index in [0.29, 0.717) is 11.5 Å². The zero-order valence-corrected chi connectivity index (χ0v) is 10.5. The van der Waals surface area contributed by atoms with Gasteiger partial charge in [0.05, 0.1) is 22.9 Å². The zero-order chi connectivity index (χ0) is 13.6. The lowest BCUT2D eigenvalue weighted by atomic mass is 10.1. The smallest absolute Gasteiger partial charge is 0.272 e. The van der Waals surface area contributed by atoms with Gasteiger partial charge in [0, 0.05) is 11.5 Å². The highest BCUT2D eigenvalue weighted by Gasteiger charge is 2.40. The third kappa shape index (κ3) is 2.11. The summed E-state index contributed by atoms with van der Waals surface area (Å²) in [7, 11) is 0. The van der Waals surface area contributed by atoms with E-state index in [4.69, 9.17) is 0 Å². The molecule has 1 amide bonds. The van der Waals surface area contributed by atoms with Crippen LogP contribution in [0, 0.1) is 5.92 Å². The Labute approximate surface area is 111 Å². The lowest BCUT2D eigenvalue weighted by Gasteiger charge is -2.15. The molecule has 1 unspecified atom stereocenters. The Morgan fingerprint density at radius 3 is 2.84 bits per heavy atom. The van der Waals surface area contributed by atoms with Gasteiger partial charge in [-0.2, -0.15) is 30.0 Å². The summed E-state index contributed by atoms with van der Waals surface area (Å²) in [4.78, 5) is 12.1. The molecule has 2 aliphatic heterocycles. The quantitative estimate of drug-likeness (QED) is 0.795. The van der Waals surface area contributed by atoms with Gasteiger partial charge in [-0.3, -0.25) is 4.79 Å². The maximum absolute atomic E-state index is 12.6. The summed E-state index contributed by atoms with van der Waals surface area (Å²) in [5.41, 5.74) is 0.156. The van der Waals surface area contributed by atoms with Gasteiger partial charge < -0.3 is 0 Å². The molecule has 1 aromatic rings. The van der Waals surface area contributed by atoms with Gasteiger partial charge >= 0.3 is 6.18 Å². The normalized spacial score (nSPS) is 22.7. The number of benzene rings is 1. The summed E-state index contributed by atoms with van der Waals surface area (Å²) < 4.78 is 37.9. The number of hydrazone groups is 1. The van der Waals surface area contributed by atoms with E-state index in [2.05, 4.69) is 5.10 Å².